The van der Waals surface area contributed by atoms with E-state index in [0.717, 1.165) is 13.0 Å². The largest absolute Gasteiger partial charge is 0.289 e. The highest BCUT2D eigenvalue weighted by Crippen LogP contribution is 2.40. The maximum absolute atomic E-state index is 2.75. The van der Waals surface area contributed by atoms with Crippen molar-refractivity contribution in [2.75, 3.05) is 0 Å². The molecule has 0 saturated carbocycles. The van der Waals surface area contributed by atoms with Gasteiger partial charge in [0.15, 0.2) is 0 Å². The van der Waals surface area contributed by atoms with E-state index >= 15 is 0 Å². The average molecular weight is 327 g/mol. The van der Waals surface area contributed by atoms with E-state index in [9.17, 15) is 0 Å². The number of fused-ring (bicyclic) bond motifs is 3. The van der Waals surface area contributed by atoms with Crippen molar-refractivity contribution in [3.63, 3.8) is 0 Å². The van der Waals surface area contributed by atoms with Gasteiger partial charge in [-0.1, -0.05) is 73.2 Å². The first-order valence-electron chi connectivity index (χ1n) is 9.67. The van der Waals surface area contributed by atoms with Crippen molar-refractivity contribution < 1.29 is 0 Å². The minimum atomic E-state index is 0.605. The van der Waals surface area contributed by atoms with E-state index in [4.69, 9.17) is 0 Å². The van der Waals surface area contributed by atoms with Gasteiger partial charge in [-0.25, -0.2) is 0 Å². The Morgan fingerprint density at radius 3 is 2.76 bits per heavy atom. The summed E-state index contributed by atoms with van der Waals surface area (Å²) < 4.78 is 0. The second-order valence-electron chi connectivity index (χ2n) is 7.69. The number of benzene rings is 2. The summed E-state index contributed by atoms with van der Waals surface area (Å²) in [4.78, 5) is 2.75. The molecule has 0 amide bonds. The standard InChI is InChI=1S/C24H25N/c1-2-7-18(8-3-1)17-25-21-11-6-12-22(25)16-20(15-21)24-14-5-10-19-9-4-13-23(19)24/h1-5,7-10,14-15,21-22H,6,11-13,16-17H2. The quantitative estimate of drug-likeness (QED) is 0.723. The Kier molecular flexibility index (Phi) is 3.83. The fraction of sp³-hybridized carbons (Fsp3) is 0.333. The van der Waals surface area contributed by atoms with Crippen molar-refractivity contribution in [2.24, 2.45) is 0 Å². The molecule has 25 heavy (non-hydrogen) atoms. The predicted molar refractivity (Wildman–Crippen MR) is 105 cm³/mol. The molecule has 0 N–H and O–H groups in total. The van der Waals surface area contributed by atoms with Crippen LogP contribution in [0.4, 0.5) is 0 Å². The predicted octanol–water partition coefficient (Wildman–Crippen LogP) is 5.47. The highest BCUT2D eigenvalue weighted by Gasteiger charge is 2.34. The molecule has 2 aliphatic heterocycles. The van der Waals surface area contributed by atoms with Crippen LogP contribution in [0.25, 0.3) is 11.6 Å². The molecule has 2 unspecified atom stereocenters. The van der Waals surface area contributed by atoms with E-state index in [-0.39, 0.29) is 0 Å². The summed E-state index contributed by atoms with van der Waals surface area (Å²) in [6.45, 7) is 1.09. The second-order valence-corrected chi connectivity index (χ2v) is 7.69. The molecule has 126 valence electrons. The average Bonchev–Trinajstić information content (AvgIpc) is 3.11. The number of hydrogen-bond acceptors (Lipinski definition) is 1. The Balaban J connectivity index is 1.46. The highest BCUT2D eigenvalue weighted by molar-refractivity contribution is 5.76. The molecule has 2 aromatic carbocycles. The van der Waals surface area contributed by atoms with Gasteiger partial charge in [0.25, 0.3) is 0 Å². The monoisotopic (exact) mass is 327 g/mol. The molecule has 1 nitrogen and oxygen atoms in total. The van der Waals surface area contributed by atoms with Gasteiger partial charge in [0.05, 0.1) is 0 Å². The van der Waals surface area contributed by atoms with Crippen LogP contribution in [-0.4, -0.2) is 17.0 Å². The molecule has 2 bridgehead atoms. The van der Waals surface area contributed by atoms with Crippen LogP contribution >= 0.6 is 0 Å². The zero-order valence-corrected chi connectivity index (χ0v) is 14.7. The molecule has 1 fully saturated rings. The SMILES string of the molecule is C1=Cc2cccc(C3=CC4CCCC(C3)N4Cc3ccccc3)c2C1. The van der Waals surface area contributed by atoms with Gasteiger partial charge in [-0.2, -0.15) is 0 Å². The van der Waals surface area contributed by atoms with E-state index in [2.05, 4.69) is 71.7 Å². The van der Waals surface area contributed by atoms with Crippen molar-refractivity contribution in [1.29, 1.82) is 0 Å². The minimum absolute atomic E-state index is 0.605. The zero-order valence-electron chi connectivity index (χ0n) is 14.7. The molecule has 0 radical (unpaired) electrons. The maximum atomic E-state index is 2.75. The summed E-state index contributed by atoms with van der Waals surface area (Å²) in [6.07, 6.45) is 13.5. The number of hydrogen-bond donors (Lipinski definition) is 0. The summed E-state index contributed by atoms with van der Waals surface area (Å²) >= 11 is 0. The van der Waals surface area contributed by atoms with Crippen molar-refractivity contribution in [3.8, 4) is 0 Å². The van der Waals surface area contributed by atoms with Crippen LogP contribution in [0, 0.1) is 0 Å². The minimum Gasteiger partial charge on any atom is -0.289 e. The molecule has 0 aromatic heterocycles. The van der Waals surface area contributed by atoms with Gasteiger partial charge < -0.3 is 0 Å². The van der Waals surface area contributed by atoms with Gasteiger partial charge in [-0.3, -0.25) is 4.90 Å². The molecule has 5 rings (SSSR count). The highest BCUT2D eigenvalue weighted by atomic mass is 15.2. The number of rotatable bonds is 3. The van der Waals surface area contributed by atoms with Crippen molar-refractivity contribution in [3.05, 3.63) is 82.9 Å². The van der Waals surface area contributed by atoms with Crippen LogP contribution in [0.2, 0.25) is 0 Å². The van der Waals surface area contributed by atoms with E-state index < -0.39 is 0 Å². The molecule has 1 aliphatic carbocycles. The normalized spacial score (nSPS) is 24.9. The lowest BCUT2D eigenvalue weighted by atomic mass is 9.81. The van der Waals surface area contributed by atoms with Gasteiger partial charge in [-0.15, -0.1) is 0 Å². The van der Waals surface area contributed by atoms with Crippen molar-refractivity contribution in [1.82, 2.24) is 4.90 Å². The summed E-state index contributed by atoms with van der Waals surface area (Å²) in [5.74, 6) is 0. The zero-order chi connectivity index (χ0) is 16.6. The Morgan fingerprint density at radius 2 is 1.88 bits per heavy atom. The third kappa shape index (κ3) is 2.77. The molecule has 1 saturated heterocycles. The van der Waals surface area contributed by atoms with Crippen LogP contribution in [-0.2, 0) is 13.0 Å². The lowest BCUT2D eigenvalue weighted by Crippen LogP contribution is -2.47. The molecule has 1 heteroatoms. The van der Waals surface area contributed by atoms with Crippen molar-refractivity contribution >= 4 is 11.6 Å². The first-order chi connectivity index (χ1) is 12.4. The van der Waals surface area contributed by atoms with E-state index in [0.29, 0.717) is 12.1 Å². The number of allylic oxidation sites excluding steroid dienone is 1. The van der Waals surface area contributed by atoms with E-state index in [1.165, 1.54) is 42.4 Å². The van der Waals surface area contributed by atoms with Gasteiger partial charge in [0.1, 0.15) is 0 Å². The Labute approximate surface area is 150 Å². The fourth-order valence-corrected chi connectivity index (χ4v) is 4.95. The lowest BCUT2D eigenvalue weighted by molar-refractivity contribution is 0.0951. The third-order valence-electron chi connectivity index (χ3n) is 6.17. The summed E-state index contributed by atoms with van der Waals surface area (Å²) in [5, 5.41) is 0. The first kappa shape index (κ1) is 15.2. The Bertz CT molecular complexity index is 830. The van der Waals surface area contributed by atoms with Gasteiger partial charge >= 0.3 is 0 Å². The molecule has 3 aliphatic rings. The van der Waals surface area contributed by atoms with Crippen LogP contribution < -0.4 is 0 Å². The molecule has 2 aromatic rings. The smallest absolute Gasteiger partial charge is 0.0290 e. The summed E-state index contributed by atoms with van der Waals surface area (Å²) in [6, 6.07) is 19.1. The second kappa shape index (κ2) is 6.31. The third-order valence-corrected chi connectivity index (χ3v) is 6.17. The Hall–Kier alpha value is -2.12. The van der Waals surface area contributed by atoms with Crippen LogP contribution in [0.5, 0.6) is 0 Å². The van der Waals surface area contributed by atoms with Crippen molar-refractivity contribution in [2.45, 2.75) is 50.7 Å². The van der Waals surface area contributed by atoms with Crippen LogP contribution in [0.15, 0.2) is 60.7 Å². The summed E-state index contributed by atoms with van der Waals surface area (Å²) in [5.41, 5.74) is 7.53. The molecular weight excluding hydrogens is 302 g/mol. The summed E-state index contributed by atoms with van der Waals surface area (Å²) in [7, 11) is 0. The van der Waals surface area contributed by atoms with Gasteiger partial charge in [-0.05, 0) is 53.5 Å². The number of nitrogens with zero attached hydrogens (tertiary/aromatic N) is 1. The van der Waals surface area contributed by atoms with E-state index in [1.807, 2.05) is 0 Å². The van der Waals surface area contributed by atoms with Gasteiger partial charge in [0.2, 0.25) is 0 Å². The Morgan fingerprint density at radius 1 is 0.960 bits per heavy atom. The fourth-order valence-electron chi connectivity index (χ4n) is 4.95. The molecule has 0 spiro atoms. The van der Waals surface area contributed by atoms with Gasteiger partial charge in [0, 0.05) is 18.6 Å². The lowest BCUT2D eigenvalue weighted by Gasteiger charge is -2.45. The maximum Gasteiger partial charge on any atom is 0.0290 e. The molecule has 2 atom stereocenters. The molecule has 2 heterocycles. The first-order valence-corrected chi connectivity index (χ1v) is 9.67. The number of piperidine rings is 1. The van der Waals surface area contributed by atoms with E-state index in [1.54, 1.807) is 11.1 Å². The molecular formula is C24H25N. The van der Waals surface area contributed by atoms with Crippen LogP contribution in [0.3, 0.4) is 0 Å². The topological polar surface area (TPSA) is 3.24 Å². The van der Waals surface area contributed by atoms with Crippen LogP contribution in [0.1, 0.15) is 47.9 Å².